The van der Waals surface area contributed by atoms with E-state index in [4.69, 9.17) is 4.74 Å². The molecule has 4 aromatic rings. The molecule has 0 N–H and O–H groups in total. The Hall–Kier alpha value is -3.40. The number of carbonyl (C=O) groups excluding carboxylic acids is 1. The van der Waals surface area contributed by atoms with Gasteiger partial charge in [0.15, 0.2) is 12.4 Å². The van der Waals surface area contributed by atoms with E-state index in [9.17, 15) is 9.59 Å². The Morgan fingerprint density at radius 1 is 1.21 bits per heavy atom. The molecule has 4 rings (SSSR count). The number of hydrogen-bond donors (Lipinski definition) is 0. The molecule has 0 bridgehead atoms. The summed E-state index contributed by atoms with van der Waals surface area (Å²) in [6.07, 6.45) is 1.52. The fraction of sp³-hybridized carbons (Fsp3) is 0.263. The zero-order valence-corrected chi connectivity index (χ0v) is 16.7. The second kappa shape index (κ2) is 7.92. The Bertz CT molecular complexity index is 1230. The van der Waals surface area contributed by atoms with Crippen molar-refractivity contribution in [3.05, 3.63) is 63.3 Å². The number of aromatic nitrogens is 6. The number of esters is 1. The molecule has 0 saturated heterocycles. The smallest absolute Gasteiger partial charge is 0.308 e. The Morgan fingerprint density at radius 3 is 2.79 bits per heavy atom. The van der Waals surface area contributed by atoms with Crippen LogP contribution < -0.4 is 5.56 Å². The third-order valence-corrected chi connectivity index (χ3v) is 5.73. The predicted octanol–water partition coefficient (Wildman–Crippen LogP) is 2.18. The Labute approximate surface area is 169 Å². The van der Waals surface area contributed by atoms with Gasteiger partial charge in [-0.05, 0) is 42.0 Å². The first kappa shape index (κ1) is 18.9. The molecule has 0 atom stereocenters. The van der Waals surface area contributed by atoms with Gasteiger partial charge in [0.25, 0.3) is 5.56 Å². The maximum atomic E-state index is 12.7. The number of aryl methyl sites for hydroxylation is 3. The van der Waals surface area contributed by atoms with Crippen molar-refractivity contribution in [1.29, 1.82) is 0 Å². The van der Waals surface area contributed by atoms with Crippen molar-refractivity contribution in [1.82, 2.24) is 29.8 Å². The summed E-state index contributed by atoms with van der Waals surface area (Å²) < 4.78 is 8.24. The number of thiophene rings is 1. The summed E-state index contributed by atoms with van der Waals surface area (Å²) in [5.74, 6) is -0.0352. The minimum absolute atomic E-state index is 0.0438. The van der Waals surface area contributed by atoms with Gasteiger partial charge in [-0.2, -0.15) is 4.68 Å². The molecule has 0 fully saturated rings. The molecule has 29 heavy (non-hydrogen) atoms. The predicted molar refractivity (Wildman–Crippen MR) is 107 cm³/mol. The molecule has 10 heteroatoms. The summed E-state index contributed by atoms with van der Waals surface area (Å²) in [6.45, 7) is 4.01. The first-order valence-corrected chi connectivity index (χ1v) is 9.79. The Balaban J connectivity index is 1.40. The third kappa shape index (κ3) is 3.79. The fourth-order valence-electron chi connectivity index (χ4n) is 2.92. The van der Waals surface area contributed by atoms with Crippen LogP contribution in [0, 0.1) is 13.8 Å². The molecule has 0 unspecified atom stereocenters. The van der Waals surface area contributed by atoms with Crippen molar-refractivity contribution < 1.29 is 9.53 Å². The van der Waals surface area contributed by atoms with Gasteiger partial charge in [0.2, 0.25) is 0 Å². The highest BCUT2D eigenvalue weighted by molar-refractivity contribution is 7.18. The van der Waals surface area contributed by atoms with Crippen molar-refractivity contribution >= 4 is 27.5 Å². The van der Waals surface area contributed by atoms with Gasteiger partial charge in [0.1, 0.15) is 4.83 Å². The first-order valence-electron chi connectivity index (χ1n) is 8.98. The van der Waals surface area contributed by atoms with E-state index in [-0.39, 0.29) is 25.1 Å². The normalized spacial score (nSPS) is 11.1. The molecule has 9 nitrogen and oxygen atoms in total. The van der Waals surface area contributed by atoms with Gasteiger partial charge in [0.05, 0.1) is 23.8 Å². The van der Waals surface area contributed by atoms with Crippen LogP contribution in [0.4, 0.5) is 0 Å². The van der Waals surface area contributed by atoms with E-state index >= 15 is 0 Å². The lowest BCUT2D eigenvalue weighted by Crippen LogP contribution is -2.22. The van der Waals surface area contributed by atoms with E-state index in [1.807, 2.05) is 44.2 Å². The first-order chi connectivity index (χ1) is 14.0. The van der Waals surface area contributed by atoms with Crippen LogP contribution in [-0.2, 0) is 22.7 Å². The Morgan fingerprint density at radius 2 is 2.00 bits per heavy atom. The zero-order valence-electron chi connectivity index (χ0n) is 15.9. The second-order valence-electron chi connectivity index (χ2n) is 6.46. The van der Waals surface area contributed by atoms with Gasteiger partial charge in [0, 0.05) is 11.4 Å². The third-order valence-electron chi connectivity index (χ3n) is 4.61. The molecule has 0 aliphatic heterocycles. The largest absolute Gasteiger partial charge is 0.457 e. The number of carbonyl (C=O) groups is 1. The fourth-order valence-corrected chi connectivity index (χ4v) is 3.91. The lowest BCUT2D eigenvalue weighted by molar-refractivity contribution is -0.145. The van der Waals surface area contributed by atoms with Crippen LogP contribution in [0.15, 0.2) is 41.5 Å². The van der Waals surface area contributed by atoms with Crippen molar-refractivity contribution in [2.75, 3.05) is 0 Å². The summed E-state index contributed by atoms with van der Waals surface area (Å²) in [5, 5.41) is 12.1. The highest BCUT2D eigenvalue weighted by atomic mass is 32.1. The van der Waals surface area contributed by atoms with E-state index in [2.05, 4.69) is 20.5 Å². The van der Waals surface area contributed by atoms with Crippen molar-refractivity contribution in [2.24, 2.45) is 0 Å². The number of nitrogens with zero attached hydrogens (tertiary/aromatic N) is 6. The highest BCUT2D eigenvalue weighted by Crippen LogP contribution is 2.25. The monoisotopic (exact) mass is 410 g/mol. The summed E-state index contributed by atoms with van der Waals surface area (Å²) in [5.41, 5.74) is 1.57. The minimum atomic E-state index is -0.446. The number of fused-ring (bicyclic) bond motifs is 1. The van der Waals surface area contributed by atoms with Crippen LogP contribution in [0.25, 0.3) is 15.9 Å². The van der Waals surface area contributed by atoms with Crippen LogP contribution in [0.5, 0.6) is 0 Å². The van der Waals surface area contributed by atoms with Gasteiger partial charge >= 0.3 is 5.97 Å². The minimum Gasteiger partial charge on any atom is -0.457 e. The molecule has 0 saturated carbocycles. The summed E-state index contributed by atoms with van der Waals surface area (Å²) in [7, 11) is 0. The maximum absolute atomic E-state index is 12.7. The summed E-state index contributed by atoms with van der Waals surface area (Å²) >= 11 is 1.49. The number of rotatable bonds is 6. The molecular weight excluding hydrogens is 392 g/mol. The van der Waals surface area contributed by atoms with Gasteiger partial charge in [-0.3, -0.25) is 14.2 Å². The molecule has 0 spiro atoms. The number of tetrazole rings is 1. The second-order valence-corrected chi connectivity index (χ2v) is 7.66. The van der Waals surface area contributed by atoms with Crippen molar-refractivity contribution in [3.63, 3.8) is 0 Å². The quantitative estimate of drug-likeness (QED) is 0.449. The summed E-state index contributed by atoms with van der Waals surface area (Å²) in [6, 6.07) is 9.33. The van der Waals surface area contributed by atoms with Crippen molar-refractivity contribution in [2.45, 2.75) is 33.4 Å². The lowest BCUT2D eigenvalue weighted by atomic mass is 10.2. The molecule has 0 amide bonds. The van der Waals surface area contributed by atoms with Gasteiger partial charge in [-0.25, -0.2) is 4.98 Å². The molecule has 0 aliphatic rings. The zero-order chi connectivity index (χ0) is 20.4. The van der Waals surface area contributed by atoms with Gasteiger partial charge in [-0.15, -0.1) is 16.4 Å². The molecule has 1 aromatic carbocycles. The van der Waals surface area contributed by atoms with Gasteiger partial charge < -0.3 is 4.74 Å². The lowest BCUT2D eigenvalue weighted by Gasteiger charge is -2.07. The SMILES string of the molecule is Cc1sc2ncn(CCC(=O)OCc3nnnn3-c3ccccc3)c(=O)c2c1C. The van der Waals surface area contributed by atoms with E-state index in [0.29, 0.717) is 11.2 Å². The van der Waals surface area contributed by atoms with Crippen LogP contribution in [0.2, 0.25) is 0 Å². The topological polar surface area (TPSA) is 105 Å². The van der Waals surface area contributed by atoms with Crippen molar-refractivity contribution in [3.8, 4) is 5.69 Å². The van der Waals surface area contributed by atoms with Gasteiger partial charge in [-0.1, -0.05) is 18.2 Å². The Kier molecular flexibility index (Phi) is 5.17. The van der Waals surface area contributed by atoms with Crippen LogP contribution in [0.1, 0.15) is 22.7 Å². The molecule has 148 valence electrons. The van der Waals surface area contributed by atoms with E-state index in [0.717, 1.165) is 21.0 Å². The summed E-state index contributed by atoms with van der Waals surface area (Å²) in [4.78, 5) is 31.0. The number of para-hydroxylation sites is 1. The van der Waals surface area contributed by atoms with Crippen LogP contribution in [-0.4, -0.2) is 35.7 Å². The molecule has 3 aromatic heterocycles. The number of benzene rings is 1. The highest BCUT2D eigenvalue weighted by Gasteiger charge is 2.14. The standard InChI is InChI=1S/C19H18N6O3S/c1-12-13(2)29-18-17(12)19(27)24(11-20-18)9-8-16(26)28-10-15-21-22-23-25(15)14-6-4-3-5-7-14/h3-7,11H,8-10H2,1-2H3. The van der Waals surface area contributed by atoms with Crippen LogP contribution in [0.3, 0.4) is 0 Å². The van der Waals surface area contributed by atoms with Crippen LogP contribution >= 0.6 is 11.3 Å². The molecule has 0 radical (unpaired) electrons. The maximum Gasteiger partial charge on any atom is 0.308 e. The number of hydrogen-bond acceptors (Lipinski definition) is 8. The van der Waals surface area contributed by atoms with E-state index < -0.39 is 5.97 Å². The molecular formula is C19H18N6O3S. The number of ether oxygens (including phenoxy) is 1. The molecule has 0 aliphatic carbocycles. The molecule has 3 heterocycles. The average Bonchev–Trinajstić information content (AvgIpc) is 3.31. The van der Waals surface area contributed by atoms with E-state index in [1.54, 1.807) is 0 Å². The average molecular weight is 410 g/mol. The van der Waals surface area contributed by atoms with E-state index in [1.165, 1.54) is 26.9 Å².